The number of nitrogens with zero attached hydrogens (tertiary/aromatic N) is 7. The molecule has 1 saturated carbocycles. The highest BCUT2D eigenvalue weighted by Gasteiger charge is 2.37. The summed E-state index contributed by atoms with van der Waals surface area (Å²) >= 11 is 0. The van der Waals surface area contributed by atoms with E-state index in [1.807, 2.05) is 6.07 Å². The highest BCUT2D eigenvalue weighted by atomic mass is 19.1. The molecular weight excluding hydrogens is 399 g/mol. The summed E-state index contributed by atoms with van der Waals surface area (Å²) in [5.41, 5.74) is 0.387. The lowest BCUT2D eigenvalue weighted by molar-refractivity contribution is 0.319. The van der Waals surface area contributed by atoms with Crippen LogP contribution in [-0.4, -0.2) is 34.7 Å². The monoisotopic (exact) mass is 416 g/mol. The molecule has 10 heteroatoms. The quantitative estimate of drug-likeness (QED) is 0.542. The molecule has 31 heavy (non-hydrogen) atoms. The van der Waals surface area contributed by atoms with Crippen molar-refractivity contribution in [1.82, 2.24) is 34.7 Å². The summed E-state index contributed by atoms with van der Waals surface area (Å²) in [6.07, 6.45) is 7.75. The lowest BCUT2D eigenvalue weighted by atomic mass is 9.72. The van der Waals surface area contributed by atoms with Gasteiger partial charge in [0.25, 0.3) is 5.56 Å². The van der Waals surface area contributed by atoms with Gasteiger partial charge in [0, 0.05) is 30.4 Å². The zero-order valence-electron chi connectivity index (χ0n) is 16.5. The molecule has 0 radical (unpaired) electrons. The Morgan fingerprint density at radius 2 is 2.03 bits per heavy atom. The largest absolute Gasteiger partial charge is 0.310 e. The van der Waals surface area contributed by atoms with Gasteiger partial charge in [-0.1, -0.05) is 0 Å². The number of halogens is 1. The van der Waals surface area contributed by atoms with Crippen molar-refractivity contribution in [3.8, 4) is 6.07 Å². The fourth-order valence-electron chi connectivity index (χ4n) is 4.02. The molecule has 0 amide bonds. The van der Waals surface area contributed by atoms with Gasteiger partial charge < -0.3 is 4.98 Å². The number of rotatable bonds is 4. The van der Waals surface area contributed by atoms with Crippen LogP contribution in [-0.2, 0) is 0 Å². The second-order valence-corrected chi connectivity index (χ2v) is 7.56. The fraction of sp³-hybridized carbons (Fsp3) is 0.286. The molecule has 0 aliphatic heterocycles. The van der Waals surface area contributed by atoms with E-state index in [0.717, 1.165) is 19.0 Å². The molecular formula is C21H17FN8O. The number of hydrogen-bond donors (Lipinski definition) is 1. The number of aromatic amines is 1. The third kappa shape index (κ3) is 3.15. The summed E-state index contributed by atoms with van der Waals surface area (Å²) in [5, 5.41) is 13.9. The zero-order chi connectivity index (χ0) is 21.5. The van der Waals surface area contributed by atoms with Crippen LogP contribution in [0.3, 0.4) is 0 Å². The smallest absolute Gasteiger partial charge is 0.263 e. The van der Waals surface area contributed by atoms with Crippen molar-refractivity contribution in [2.24, 2.45) is 0 Å². The van der Waals surface area contributed by atoms with Gasteiger partial charge in [-0.3, -0.25) is 9.78 Å². The maximum atomic E-state index is 13.7. The standard InChI is InChI=1S/C21H17FN8O/c1-11(12-7-13(22)10-24-9-12)30-20-17(16(8-23)29-30)21(31)28-19(27-20)15-4-3-14(15)18-25-5-2-6-26-18/h2,5-7,9-11,14-15H,3-4H2,1H3,(H,27,28,31)/t11-,14+,15+/m0/s1. The van der Waals surface area contributed by atoms with Crippen molar-refractivity contribution in [1.29, 1.82) is 5.26 Å². The molecule has 4 aromatic rings. The van der Waals surface area contributed by atoms with Gasteiger partial charge in [0.15, 0.2) is 11.3 Å². The molecule has 0 aromatic carbocycles. The van der Waals surface area contributed by atoms with Gasteiger partial charge in [-0.05, 0) is 37.5 Å². The van der Waals surface area contributed by atoms with Crippen molar-refractivity contribution in [3.05, 3.63) is 76.0 Å². The van der Waals surface area contributed by atoms with Crippen molar-refractivity contribution in [3.63, 3.8) is 0 Å². The minimum Gasteiger partial charge on any atom is -0.310 e. The predicted molar refractivity (Wildman–Crippen MR) is 108 cm³/mol. The first kappa shape index (κ1) is 19.0. The molecule has 0 bridgehead atoms. The van der Waals surface area contributed by atoms with Crippen molar-refractivity contribution in [2.45, 2.75) is 37.6 Å². The molecule has 1 aliphatic rings. The Morgan fingerprint density at radius 1 is 1.26 bits per heavy atom. The summed E-state index contributed by atoms with van der Waals surface area (Å²) in [7, 11) is 0. The van der Waals surface area contributed by atoms with Gasteiger partial charge in [-0.25, -0.2) is 24.0 Å². The first-order valence-corrected chi connectivity index (χ1v) is 9.86. The van der Waals surface area contributed by atoms with Gasteiger partial charge in [0.1, 0.15) is 28.9 Å². The highest BCUT2D eigenvalue weighted by Crippen LogP contribution is 2.46. The van der Waals surface area contributed by atoms with Crippen LogP contribution in [0.25, 0.3) is 11.0 Å². The molecule has 4 heterocycles. The van der Waals surface area contributed by atoms with Gasteiger partial charge in [-0.15, -0.1) is 0 Å². The minimum atomic E-state index is -0.482. The predicted octanol–water partition coefficient (Wildman–Crippen LogP) is 2.59. The zero-order valence-corrected chi connectivity index (χ0v) is 16.5. The van der Waals surface area contributed by atoms with Crippen LogP contribution in [0.5, 0.6) is 0 Å². The summed E-state index contributed by atoms with van der Waals surface area (Å²) < 4.78 is 15.2. The molecule has 1 N–H and O–H groups in total. The summed E-state index contributed by atoms with van der Waals surface area (Å²) in [5.74, 6) is 0.759. The van der Waals surface area contributed by atoms with Crippen LogP contribution < -0.4 is 5.56 Å². The molecule has 154 valence electrons. The second-order valence-electron chi connectivity index (χ2n) is 7.56. The Bertz CT molecular complexity index is 1370. The van der Waals surface area contributed by atoms with E-state index in [0.29, 0.717) is 17.2 Å². The van der Waals surface area contributed by atoms with E-state index < -0.39 is 17.4 Å². The number of hydrogen-bond acceptors (Lipinski definition) is 7. The number of nitrogens with one attached hydrogen (secondary N) is 1. The normalized spacial score (nSPS) is 19.0. The third-order valence-electron chi connectivity index (χ3n) is 5.80. The lowest BCUT2D eigenvalue weighted by Crippen LogP contribution is -2.28. The second kappa shape index (κ2) is 7.36. The number of pyridine rings is 1. The average Bonchev–Trinajstić information content (AvgIpc) is 3.12. The first-order chi connectivity index (χ1) is 15.1. The van der Waals surface area contributed by atoms with Crippen molar-refractivity contribution in [2.75, 3.05) is 0 Å². The molecule has 5 rings (SSSR count). The van der Waals surface area contributed by atoms with Gasteiger partial charge in [-0.2, -0.15) is 10.4 Å². The van der Waals surface area contributed by atoms with E-state index in [2.05, 4.69) is 25.0 Å². The van der Waals surface area contributed by atoms with Crippen LogP contribution in [0.4, 0.5) is 4.39 Å². The Hall–Kier alpha value is -4.00. The van der Waals surface area contributed by atoms with Crippen LogP contribution in [0.1, 0.15) is 60.5 Å². The maximum Gasteiger partial charge on any atom is 0.263 e. The summed E-state index contributed by atoms with van der Waals surface area (Å²) in [6.45, 7) is 1.79. The molecule has 3 atom stereocenters. The Kier molecular flexibility index (Phi) is 4.51. The third-order valence-corrected chi connectivity index (χ3v) is 5.80. The number of fused-ring (bicyclic) bond motifs is 1. The van der Waals surface area contributed by atoms with E-state index in [1.54, 1.807) is 25.4 Å². The van der Waals surface area contributed by atoms with Crippen molar-refractivity contribution >= 4 is 11.0 Å². The number of H-pyrrole nitrogens is 1. The molecule has 0 spiro atoms. The molecule has 9 nitrogen and oxygen atoms in total. The highest BCUT2D eigenvalue weighted by molar-refractivity contribution is 5.80. The Labute approximate surface area is 175 Å². The number of aromatic nitrogens is 7. The Morgan fingerprint density at radius 3 is 2.71 bits per heavy atom. The molecule has 0 saturated heterocycles. The lowest BCUT2D eigenvalue weighted by Gasteiger charge is -2.34. The van der Waals surface area contributed by atoms with Crippen molar-refractivity contribution < 1.29 is 4.39 Å². The average molecular weight is 416 g/mol. The fourth-order valence-corrected chi connectivity index (χ4v) is 4.02. The van der Waals surface area contributed by atoms with Gasteiger partial charge in [0.05, 0.1) is 12.2 Å². The van der Waals surface area contributed by atoms with Crippen LogP contribution in [0.15, 0.2) is 41.7 Å². The van der Waals surface area contributed by atoms with Crippen LogP contribution in [0.2, 0.25) is 0 Å². The first-order valence-electron chi connectivity index (χ1n) is 9.86. The van der Waals surface area contributed by atoms with E-state index in [-0.39, 0.29) is 28.6 Å². The molecule has 1 aliphatic carbocycles. The summed E-state index contributed by atoms with van der Waals surface area (Å²) in [6, 6.07) is 4.58. The molecule has 1 fully saturated rings. The minimum absolute atomic E-state index is 0.0249. The van der Waals surface area contributed by atoms with E-state index in [4.69, 9.17) is 4.98 Å². The Balaban J connectivity index is 1.62. The topological polar surface area (TPSA) is 126 Å². The van der Waals surface area contributed by atoms with Crippen LogP contribution >= 0.6 is 0 Å². The molecule has 0 unspecified atom stereocenters. The SMILES string of the molecule is C[C@@H](c1cncc(F)c1)n1nc(C#N)c2c(=O)[nH]c([C@@H]3CC[C@H]3c3ncccn3)nc21. The van der Waals surface area contributed by atoms with Gasteiger partial charge >= 0.3 is 0 Å². The number of nitriles is 1. The van der Waals surface area contributed by atoms with E-state index in [9.17, 15) is 14.4 Å². The van der Waals surface area contributed by atoms with E-state index in [1.165, 1.54) is 16.9 Å². The van der Waals surface area contributed by atoms with Crippen LogP contribution in [0, 0.1) is 17.1 Å². The van der Waals surface area contributed by atoms with Gasteiger partial charge in [0.2, 0.25) is 0 Å². The maximum absolute atomic E-state index is 13.7. The van der Waals surface area contributed by atoms with E-state index >= 15 is 0 Å². The molecule has 4 aromatic heterocycles. The summed E-state index contributed by atoms with van der Waals surface area (Å²) in [4.78, 5) is 33.0.